The molecule has 10 heteroatoms. The van der Waals surface area contributed by atoms with Crippen LogP contribution in [0.1, 0.15) is 12.7 Å². The Hall–Kier alpha value is -1.84. The molecule has 0 atom stereocenters. The van der Waals surface area contributed by atoms with Crippen molar-refractivity contribution in [3.8, 4) is 0 Å². The van der Waals surface area contributed by atoms with Gasteiger partial charge in [0, 0.05) is 6.42 Å². The van der Waals surface area contributed by atoms with Crippen molar-refractivity contribution in [2.24, 2.45) is 7.05 Å². The maximum atomic E-state index is 11.7. The van der Waals surface area contributed by atoms with Crippen molar-refractivity contribution in [3.63, 3.8) is 0 Å². The van der Waals surface area contributed by atoms with Crippen molar-refractivity contribution in [1.82, 2.24) is 25.6 Å². The van der Waals surface area contributed by atoms with Gasteiger partial charge in [-0.05, 0) is 0 Å². The molecule has 0 saturated carbocycles. The molecule has 0 bridgehead atoms. The summed E-state index contributed by atoms with van der Waals surface area (Å²) in [5.74, 6) is 1.27. The zero-order valence-electron chi connectivity index (χ0n) is 9.20. The standard InChI is InChI=1S/C6H10N2.CFN4O2S/c1-3-6-7-4-5-8(6)2;2-9(7,8)1-3-5-6-4-1/h4-5H,3H2,1-2H3;/q;-1/p+1. The molecule has 0 saturated heterocycles. The van der Waals surface area contributed by atoms with Crippen molar-refractivity contribution in [1.29, 1.82) is 0 Å². The molecule has 0 radical (unpaired) electrons. The quantitative estimate of drug-likeness (QED) is 0.543. The number of H-pyrrole nitrogens is 1. The van der Waals surface area contributed by atoms with E-state index in [9.17, 15) is 12.3 Å². The fourth-order valence-corrected chi connectivity index (χ4v) is 1.29. The van der Waals surface area contributed by atoms with Crippen molar-refractivity contribution in [2.45, 2.75) is 18.5 Å². The van der Waals surface area contributed by atoms with E-state index in [4.69, 9.17) is 0 Å². The molecule has 94 valence electrons. The van der Waals surface area contributed by atoms with E-state index in [0.717, 1.165) is 6.42 Å². The van der Waals surface area contributed by atoms with E-state index in [1.807, 2.05) is 19.4 Å². The molecule has 0 aromatic carbocycles. The number of imidazole rings is 1. The van der Waals surface area contributed by atoms with Gasteiger partial charge in [-0.2, -0.15) is 13.6 Å². The van der Waals surface area contributed by atoms with Crippen LogP contribution in [0.4, 0.5) is 3.89 Å². The van der Waals surface area contributed by atoms with Crippen LogP contribution in [-0.4, -0.2) is 28.9 Å². The number of tetrazole rings is 1. The normalized spacial score (nSPS) is 10.8. The van der Waals surface area contributed by atoms with Crippen LogP contribution < -0.4 is 9.67 Å². The zero-order chi connectivity index (χ0) is 12.9. The molecule has 0 spiro atoms. The highest BCUT2D eigenvalue weighted by atomic mass is 32.3. The van der Waals surface area contributed by atoms with Gasteiger partial charge in [-0.3, -0.25) is 10.3 Å². The molecule has 0 aliphatic rings. The Kier molecular flexibility index (Phi) is 4.26. The summed E-state index contributed by atoms with van der Waals surface area (Å²) >= 11 is 0. The van der Waals surface area contributed by atoms with Gasteiger partial charge < -0.3 is 5.10 Å². The fraction of sp³-hybridized carbons (Fsp3) is 0.429. The molecular formula is C7H11FN6O2S. The van der Waals surface area contributed by atoms with E-state index in [1.54, 1.807) is 0 Å². The fourth-order valence-electron chi connectivity index (χ4n) is 1.02. The van der Waals surface area contributed by atoms with Gasteiger partial charge in [-0.15, -0.1) is 0 Å². The van der Waals surface area contributed by atoms with E-state index >= 15 is 0 Å². The van der Waals surface area contributed by atoms with Crippen molar-refractivity contribution < 1.29 is 16.9 Å². The first kappa shape index (κ1) is 13.2. The van der Waals surface area contributed by atoms with Crippen molar-refractivity contribution >= 4 is 10.2 Å². The molecule has 1 N–H and O–H groups in total. The number of rotatable bonds is 2. The number of hydrogen-bond donors (Lipinski definition) is 1. The van der Waals surface area contributed by atoms with E-state index in [2.05, 4.69) is 37.1 Å². The third-order valence-electron chi connectivity index (χ3n) is 1.83. The summed E-state index contributed by atoms with van der Waals surface area (Å²) in [4.78, 5) is 3.12. The summed E-state index contributed by atoms with van der Waals surface area (Å²) < 4.78 is 33.4. The lowest BCUT2D eigenvalue weighted by atomic mass is 10.5. The molecule has 0 aliphatic heterocycles. The average Bonchev–Trinajstić information content (AvgIpc) is 2.86. The molecule has 17 heavy (non-hydrogen) atoms. The van der Waals surface area contributed by atoms with E-state index < -0.39 is 15.4 Å². The minimum atomic E-state index is -4.81. The zero-order valence-corrected chi connectivity index (χ0v) is 10.0. The van der Waals surface area contributed by atoms with Gasteiger partial charge in [0.05, 0.1) is 7.05 Å². The average molecular weight is 262 g/mol. The van der Waals surface area contributed by atoms with Crippen LogP contribution in [0.2, 0.25) is 0 Å². The predicted molar refractivity (Wildman–Crippen MR) is 52.8 cm³/mol. The molecular weight excluding hydrogens is 251 g/mol. The Morgan fingerprint density at radius 3 is 2.53 bits per heavy atom. The maximum absolute atomic E-state index is 11.7. The second-order valence-electron chi connectivity index (χ2n) is 2.97. The van der Waals surface area contributed by atoms with Gasteiger partial charge in [-0.25, -0.2) is 9.55 Å². The molecule has 0 fully saturated rings. The number of nitrogens with zero attached hydrogens (tertiary/aromatic N) is 5. The van der Waals surface area contributed by atoms with Crippen LogP contribution in [0.5, 0.6) is 0 Å². The summed E-state index contributed by atoms with van der Waals surface area (Å²) in [5, 5.41) is 10.0. The second-order valence-corrected chi connectivity index (χ2v) is 4.21. The molecule has 2 heterocycles. The van der Waals surface area contributed by atoms with Crippen molar-refractivity contribution in [3.05, 3.63) is 18.2 Å². The van der Waals surface area contributed by atoms with Crippen LogP contribution in [0.25, 0.3) is 0 Å². The largest absolute Gasteiger partial charge is 0.339 e. The lowest BCUT2D eigenvalue weighted by Gasteiger charge is -1.85. The highest BCUT2D eigenvalue weighted by Gasteiger charge is 2.07. The Morgan fingerprint density at radius 1 is 1.59 bits per heavy atom. The summed E-state index contributed by atoms with van der Waals surface area (Å²) in [5.41, 5.74) is 0. The van der Waals surface area contributed by atoms with E-state index in [1.165, 1.54) is 5.82 Å². The predicted octanol–water partition coefficient (Wildman–Crippen LogP) is -1.11. The van der Waals surface area contributed by atoms with Gasteiger partial charge in [0.15, 0.2) is 5.16 Å². The first-order valence-electron chi connectivity index (χ1n) is 4.60. The van der Waals surface area contributed by atoms with Crippen molar-refractivity contribution in [2.75, 3.05) is 0 Å². The monoisotopic (exact) mass is 262 g/mol. The summed E-state index contributed by atoms with van der Waals surface area (Å²) in [6.45, 7) is 2.13. The van der Waals surface area contributed by atoms with Gasteiger partial charge in [0.2, 0.25) is 0 Å². The van der Waals surface area contributed by atoms with E-state index in [0.29, 0.717) is 0 Å². The molecule has 0 aliphatic carbocycles. The molecule has 0 unspecified atom stereocenters. The third-order valence-corrected chi connectivity index (χ3v) is 2.43. The topological polar surface area (TPSA) is 107 Å². The lowest BCUT2D eigenvalue weighted by molar-refractivity contribution is -0.677. The Bertz CT molecular complexity index is 549. The minimum absolute atomic E-state index is 0.998. The number of halogens is 1. The molecule has 2 aromatic heterocycles. The lowest BCUT2D eigenvalue weighted by Crippen LogP contribution is -2.29. The van der Waals surface area contributed by atoms with Crippen LogP contribution in [0.3, 0.4) is 0 Å². The van der Waals surface area contributed by atoms with Crippen LogP contribution in [-0.2, 0) is 23.7 Å². The molecule has 0 amide bonds. The summed E-state index contributed by atoms with van der Waals surface area (Å²) in [7, 11) is -2.77. The highest BCUT2D eigenvalue weighted by Crippen LogP contribution is 1.98. The number of aromatic nitrogens is 6. The first-order chi connectivity index (χ1) is 7.95. The first-order valence-corrected chi connectivity index (χ1v) is 5.98. The summed E-state index contributed by atoms with van der Waals surface area (Å²) in [6.07, 6.45) is 5.03. The summed E-state index contributed by atoms with van der Waals surface area (Å²) in [6, 6.07) is 0. The third kappa shape index (κ3) is 3.90. The van der Waals surface area contributed by atoms with Gasteiger partial charge in [0.25, 0.3) is 5.82 Å². The van der Waals surface area contributed by atoms with E-state index in [-0.39, 0.29) is 0 Å². The highest BCUT2D eigenvalue weighted by molar-refractivity contribution is 7.86. The van der Waals surface area contributed by atoms with Gasteiger partial charge in [0.1, 0.15) is 12.4 Å². The van der Waals surface area contributed by atoms with Crippen LogP contribution >= 0.6 is 0 Å². The Morgan fingerprint density at radius 2 is 2.29 bits per heavy atom. The molecule has 2 rings (SSSR count). The number of hydrogen-bond acceptors (Lipinski definition) is 5. The minimum Gasteiger partial charge on any atom is -0.318 e. The Balaban J connectivity index is 0.000000171. The van der Waals surface area contributed by atoms with Gasteiger partial charge in [-0.1, -0.05) is 10.8 Å². The molecule has 8 nitrogen and oxygen atoms in total. The number of aryl methyl sites for hydroxylation is 2. The van der Waals surface area contributed by atoms with Crippen LogP contribution in [0.15, 0.2) is 17.6 Å². The number of aromatic amines is 1. The van der Waals surface area contributed by atoms with Gasteiger partial charge >= 0.3 is 10.2 Å². The molecule has 2 aromatic rings. The SMILES string of the molecule is CCc1[nH]cc[n+]1C.O=S(=O)(F)c1nnn[n-]1. The smallest absolute Gasteiger partial charge is 0.318 e. The maximum Gasteiger partial charge on any atom is 0.339 e. The number of nitrogens with one attached hydrogen (secondary N) is 1. The van der Waals surface area contributed by atoms with Crippen LogP contribution in [0, 0.1) is 0 Å². The Labute approximate surface area is 97.1 Å². The second kappa shape index (κ2) is 5.48.